The van der Waals surface area contributed by atoms with Gasteiger partial charge in [0.05, 0.1) is 18.4 Å². The highest BCUT2D eigenvalue weighted by Crippen LogP contribution is 2.25. The third-order valence-corrected chi connectivity index (χ3v) is 3.75. The van der Waals surface area contributed by atoms with E-state index in [9.17, 15) is 9.18 Å². The summed E-state index contributed by atoms with van der Waals surface area (Å²) in [5, 5.41) is 2.70. The summed E-state index contributed by atoms with van der Waals surface area (Å²) in [5.41, 5.74) is 7.10. The number of carbonyl (C=O) groups is 1. The fraction of sp³-hybridized carbons (Fsp3) is 0.133. The second-order valence-electron chi connectivity index (χ2n) is 4.34. The van der Waals surface area contributed by atoms with Crippen LogP contribution in [0.2, 0.25) is 0 Å². The van der Waals surface area contributed by atoms with E-state index in [0.29, 0.717) is 16.9 Å². The van der Waals surface area contributed by atoms with Crippen LogP contribution in [0.15, 0.2) is 40.9 Å². The molecule has 2 aromatic rings. The molecule has 0 saturated carbocycles. The van der Waals surface area contributed by atoms with E-state index in [1.54, 1.807) is 24.3 Å². The molecule has 0 bridgehead atoms. The molecule has 0 atom stereocenters. The Bertz CT molecular complexity index is 677. The van der Waals surface area contributed by atoms with Crippen molar-refractivity contribution in [2.75, 3.05) is 12.8 Å². The van der Waals surface area contributed by atoms with Crippen LogP contribution in [0.4, 0.5) is 10.1 Å². The zero-order valence-electron chi connectivity index (χ0n) is 11.3. The number of para-hydroxylation sites is 1. The lowest BCUT2D eigenvalue weighted by molar-refractivity contribution is 0.0951. The number of carbonyl (C=O) groups excluding carboxylic acids is 1. The SMILES string of the molecule is COc1cccc(C(=O)NCc2cc(F)ccc2Br)c1N. The Hall–Kier alpha value is -2.08. The van der Waals surface area contributed by atoms with Gasteiger partial charge in [-0.3, -0.25) is 4.79 Å². The second kappa shape index (κ2) is 6.58. The number of nitrogens with two attached hydrogens (primary N) is 1. The number of hydrogen-bond acceptors (Lipinski definition) is 3. The first kappa shape index (κ1) is 15.3. The van der Waals surface area contributed by atoms with Crippen LogP contribution in [-0.4, -0.2) is 13.0 Å². The number of rotatable bonds is 4. The summed E-state index contributed by atoms with van der Waals surface area (Å²) in [6, 6.07) is 9.26. The Kier molecular flexibility index (Phi) is 4.80. The largest absolute Gasteiger partial charge is 0.495 e. The standard InChI is InChI=1S/C15H14BrFN2O2/c1-21-13-4-2-3-11(14(13)18)15(20)19-8-9-7-10(17)5-6-12(9)16/h2-7H,8,18H2,1H3,(H,19,20). The summed E-state index contributed by atoms with van der Waals surface area (Å²) < 4.78 is 19.0. The number of nitrogens with one attached hydrogen (secondary N) is 1. The van der Waals surface area contributed by atoms with Gasteiger partial charge in [0.25, 0.3) is 5.91 Å². The molecule has 110 valence electrons. The highest BCUT2D eigenvalue weighted by Gasteiger charge is 2.13. The van der Waals surface area contributed by atoms with Crippen molar-refractivity contribution < 1.29 is 13.9 Å². The van der Waals surface area contributed by atoms with Crippen LogP contribution in [0.25, 0.3) is 0 Å². The zero-order valence-corrected chi connectivity index (χ0v) is 12.9. The van der Waals surface area contributed by atoms with Crippen molar-refractivity contribution in [1.82, 2.24) is 5.32 Å². The Morgan fingerprint density at radius 2 is 2.14 bits per heavy atom. The molecular formula is C15H14BrFN2O2. The zero-order chi connectivity index (χ0) is 15.4. The molecule has 0 aliphatic carbocycles. The molecule has 6 heteroatoms. The first-order valence-corrected chi connectivity index (χ1v) is 6.97. The smallest absolute Gasteiger partial charge is 0.253 e. The predicted molar refractivity (Wildman–Crippen MR) is 82.7 cm³/mol. The van der Waals surface area contributed by atoms with Crippen molar-refractivity contribution >= 4 is 27.5 Å². The van der Waals surface area contributed by atoms with Crippen molar-refractivity contribution in [1.29, 1.82) is 0 Å². The van der Waals surface area contributed by atoms with Gasteiger partial charge in [-0.15, -0.1) is 0 Å². The third-order valence-electron chi connectivity index (χ3n) is 2.98. The van der Waals surface area contributed by atoms with Crippen LogP contribution in [0.5, 0.6) is 5.75 Å². The first-order valence-electron chi connectivity index (χ1n) is 6.17. The molecular weight excluding hydrogens is 339 g/mol. The fourth-order valence-corrected chi connectivity index (χ4v) is 2.26. The normalized spacial score (nSPS) is 10.2. The Balaban J connectivity index is 2.14. The quantitative estimate of drug-likeness (QED) is 0.831. The molecule has 0 aliphatic rings. The number of halogens is 2. The average molecular weight is 353 g/mol. The van der Waals surface area contributed by atoms with Gasteiger partial charge >= 0.3 is 0 Å². The van der Waals surface area contributed by atoms with Gasteiger partial charge in [0.1, 0.15) is 11.6 Å². The molecule has 0 radical (unpaired) electrons. The van der Waals surface area contributed by atoms with Gasteiger partial charge in [-0.25, -0.2) is 4.39 Å². The molecule has 1 amide bonds. The number of benzene rings is 2. The van der Waals surface area contributed by atoms with E-state index in [1.165, 1.54) is 19.2 Å². The average Bonchev–Trinajstić information content (AvgIpc) is 2.48. The van der Waals surface area contributed by atoms with Crippen LogP contribution in [0.1, 0.15) is 15.9 Å². The van der Waals surface area contributed by atoms with E-state index < -0.39 is 0 Å². The van der Waals surface area contributed by atoms with E-state index in [2.05, 4.69) is 21.2 Å². The Morgan fingerprint density at radius 3 is 2.86 bits per heavy atom. The van der Waals surface area contributed by atoms with Crippen molar-refractivity contribution in [3.8, 4) is 5.75 Å². The fourth-order valence-electron chi connectivity index (χ4n) is 1.87. The summed E-state index contributed by atoms with van der Waals surface area (Å²) >= 11 is 3.31. The summed E-state index contributed by atoms with van der Waals surface area (Å²) in [6.07, 6.45) is 0. The topological polar surface area (TPSA) is 64.3 Å². The summed E-state index contributed by atoms with van der Waals surface area (Å²) in [6.45, 7) is 0.188. The monoisotopic (exact) mass is 352 g/mol. The molecule has 2 aromatic carbocycles. The molecule has 0 saturated heterocycles. The molecule has 0 aliphatic heterocycles. The van der Waals surface area contributed by atoms with Crippen molar-refractivity contribution in [3.05, 3.63) is 57.8 Å². The van der Waals surface area contributed by atoms with Crippen LogP contribution in [-0.2, 0) is 6.54 Å². The van der Waals surface area contributed by atoms with E-state index in [-0.39, 0.29) is 24.0 Å². The Morgan fingerprint density at radius 1 is 1.38 bits per heavy atom. The minimum atomic E-state index is -0.358. The van der Waals surface area contributed by atoms with Gasteiger partial charge < -0.3 is 15.8 Å². The lowest BCUT2D eigenvalue weighted by Crippen LogP contribution is -2.24. The highest BCUT2D eigenvalue weighted by atomic mass is 79.9. The number of nitrogen functional groups attached to an aromatic ring is 1. The van der Waals surface area contributed by atoms with Crippen LogP contribution < -0.4 is 15.8 Å². The lowest BCUT2D eigenvalue weighted by atomic mass is 10.1. The summed E-state index contributed by atoms with van der Waals surface area (Å²) in [5.74, 6) is -0.263. The molecule has 21 heavy (non-hydrogen) atoms. The molecule has 0 spiro atoms. The maximum absolute atomic E-state index is 13.2. The van der Waals surface area contributed by atoms with Crippen LogP contribution in [0, 0.1) is 5.82 Å². The van der Waals surface area contributed by atoms with Gasteiger partial charge in [0.15, 0.2) is 0 Å². The van der Waals surface area contributed by atoms with Crippen LogP contribution >= 0.6 is 15.9 Å². The van der Waals surface area contributed by atoms with Crippen molar-refractivity contribution in [3.63, 3.8) is 0 Å². The summed E-state index contributed by atoms with van der Waals surface area (Å²) in [4.78, 5) is 12.1. The molecule has 0 aromatic heterocycles. The number of hydrogen-bond donors (Lipinski definition) is 2. The van der Waals surface area contributed by atoms with E-state index >= 15 is 0 Å². The second-order valence-corrected chi connectivity index (χ2v) is 5.19. The number of amides is 1. The van der Waals surface area contributed by atoms with Gasteiger partial charge in [0, 0.05) is 11.0 Å². The number of anilines is 1. The van der Waals surface area contributed by atoms with Gasteiger partial charge in [0.2, 0.25) is 0 Å². The maximum atomic E-state index is 13.2. The lowest BCUT2D eigenvalue weighted by Gasteiger charge is -2.11. The van der Waals surface area contributed by atoms with Crippen molar-refractivity contribution in [2.24, 2.45) is 0 Å². The van der Waals surface area contributed by atoms with Gasteiger partial charge in [-0.2, -0.15) is 0 Å². The third kappa shape index (κ3) is 3.52. The molecule has 0 unspecified atom stereocenters. The van der Waals surface area contributed by atoms with E-state index in [1.807, 2.05) is 0 Å². The van der Waals surface area contributed by atoms with E-state index in [0.717, 1.165) is 4.47 Å². The van der Waals surface area contributed by atoms with Crippen molar-refractivity contribution in [2.45, 2.75) is 6.54 Å². The minimum Gasteiger partial charge on any atom is -0.495 e. The van der Waals surface area contributed by atoms with Gasteiger partial charge in [-0.05, 0) is 35.9 Å². The van der Waals surface area contributed by atoms with Crippen LogP contribution in [0.3, 0.4) is 0 Å². The number of ether oxygens (including phenoxy) is 1. The Labute approximate surface area is 130 Å². The predicted octanol–water partition coefficient (Wildman–Crippen LogP) is 3.11. The van der Waals surface area contributed by atoms with Gasteiger partial charge in [-0.1, -0.05) is 22.0 Å². The molecule has 0 fully saturated rings. The molecule has 0 heterocycles. The highest BCUT2D eigenvalue weighted by molar-refractivity contribution is 9.10. The number of methoxy groups -OCH3 is 1. The summed E-state index contributed by atoms with van der Waals surface area (Å²) in [7, 11) is 1.48. The maximum Gasteiger partial charge on any atom is 0.253 e. The molecule has 3 N–H and O–H groups in total. The first-order chi connectivity index (χ1) is 10.0. The molecule has 4 nitrogen and oxygen atoms in total. The van der Waals surface area contributed by atoms with E-state index in [4.69, 9.17) is 10.5 Å². The molecule has 2 rings (SSSR count). The minimum absolute atomic E-state index is 0.188.